The maximum Gasteiger partial charge on any atom is 0.157 e. The van der Waals surface area contributed by atoms with Crippen LogP contribution in [0.5, 0.6) is 0 Å². The van der Waals surface area contributed by atoms with Crippen molar-refractivity contribution in [2.24, 2.45) is 0 Å². The Balaban J connectivity index is 1.78. The molecule has 0 fully saturated rings. The molecule has 0 saturated heterocycles. The van der Waals surface area contributed by atoms with Crippen molar-refractivity contribution in [3.63, 3.8) is 0 Å². The monoisotopic (exact) mass is 262 g/mol. The van der Waals surface area contributed by atoms with Crippen LogP contribution < -0.4 is 5.32 Å². The van der Waals surface area contributed by atoms with E-state index in [1.807, 2.05) is 23.6 Å². The van der Waals surface area contributed by atoms with E-state index in [-0.39, 0.29) is 0 Å². The van der Waals surface area contributed by atoms with Crippen molar-refractivity contribution in [1.29, 1.82) is 0 Å². The standard InChI is InChI=1S/C16H14N4/c1-11-10-16(20-15(18-11)8-9-17-20)19-14-7-6-12-4-2-3-5-13(12)14/h2-5,7-10,19H,6H2,1H3. The maximum absolute atomic E-state index is 4.46. The number of benzene rings is 1. The van der Waals surface area contributed by atoms with Gasteiger partial charge in [0.2, 0.25) is 0 Å². The van der Waals surface area contributed by atoms with Gasteiger partial charge in [0, 0.05) is 29.1 Å². The van der Waals surface area contributed by atoms with Crippen molar-refractivity contribution < 1.29 is 0 Å². The summed E-state index contributed by atoms with van der Waals surface area (Å²) in [5, 5.41) is 7.81. The number of hydrogen-bond donors (Lipinski definition) is 1. The van der Waals surface area contributed by atoms with Gasteiger partial charge < -0.3 is 5.32 Å². The Morgan fingerprint density at radius 1 is 1.20 bits per heavy atom. The predicted molar refractivity (Wildman–Crippen MR) is 79.5 cm³/mol. The van der Waals surface area contributed by atoms with Gasteiger partial charge in [-0.15, -0.1) is 0 Å². The van der Waals surface area contributed by atoms with Crippen LogP contribution >= 0.6 is 0 Å². The van der Waals surface area contributed by atoms with Crippen molar-refractivity contribution in [3.8, 4) is 0 Å². The minimum absolute atomic E-state index is 0.861. The summed E-state index contributed by atoms with van der Waals surface area (Å²) >= 11 is 0. The largest absolute Gasteiger partial charge is 0.340 e. The number of aryl methyl sites for hydroxylation is 1. The molecule has 4 nitrogen and oxygen atoms in total. The van der Waals surface area contributed by atoms with E-state index in [4.69, 9.17) is 0 Å². The molecule has 98 valence electrons. The van der Waals surface area contributed by atoms with Crippen molar-refractivity contribution >= 4 is 17.2 Å². The number of nitrogens with zero attached hydrogens (tertiary/aromatic N) is 3. The minimum Gasteiger partial charge on any atom is -0.340 e. The second kappa shape index (κ2) is 4.20. The molecular weight excluding hydrogens is 248 g/mol. The van der Waals surface area contributed by atoms with Crippen LogP contribution in [0.4, 0.5) is 5.82 Å². The lowest BCUT2D eigenvalue weighted by molar-refractivity contribution is 0.938. The third kappa shape index (κ3) is 1.69. The summed E-state index contributed by atoms with van der Waals surface area (Å²) in [6.07, 6.45) is 4.96. The third-order valence-electron chi connectivity index (χ3n) is 3.58. The van der Waals surface area contributed by atoms with E-state index in [9.17, 15) is 0 Å². The van der Waals surface area contributed by atoms with Gasteiger partial charge in [-0.25, -0.2) is 4.98 Å². The molecule has 1 aliphatic carbocycles. The van der Waals surface area contributed by atoms with Crippen LogP contribution in [0.1, 0.15) is 16.8 Å². The number of fused-ring (bicyclic) bond motifs is 2. The highest BCUT2D eigenvalue weighted by molar-refractivity contribution is 5.81. The van der Waals surface area contributed by atoms with Gasteiger partial charge in [-0.3, -0.25) is 0 Å². The zero-order chi connectivity index (χ0) is 13.5. The lowest BCUT2D eigenvalue weighted by atomic mass is 10.1. The molecule has 4 heteroatoms. The van der Waals surface area contributed by atoms with E-state index in [2.05, 4.69) is 45.7 Å². The van der Waals surface area contributed by atoms with Gasteiger partial charge in [-0.05, 0) is 18.9 Å². The highest BCUT2D eigenvalue weighted by Crippen LogP contribution is 2.28. The van der Waals surface area contributed by atoms with Gasteiger partial charge in [-0.1, -0.05) is 30.3 Å². The normalized spacial score (nSPS) is 13.3. The van der Waals surface area contributed by atoms with Crippen LogP contribution in [0.25, 0.3) is 11.3 Å². The Morgan fingerprint density at radius 3 is 3.05 bits per heavy atom. The van der Waals surface area contributed by atoms with Crippen LogP contribution in [-0.4, -0.2) is 14.6 Å². The number of anilines is 1. The number of hydrogen-bond acceptors (Lipinski definition) is 3. The first kappa shape index (κ1) is 11.2. The Labute approximate surface area is 116 Å². The number of rotatable bonds is 2. The lowest BCUT2D eigenvalue weighted by Crippen LogP contribution is -2.05. The summed E-state index contributed by atoms with van der Waals surface area (Å²) in [5.41, 5.74) is 5.61. The molecule has 1 aliphatic rings. The average molecular weight is 262 g/mol. The molecule has 20 heavy (non-hydrogen) atoms. The van der Waals surface area contributed by atoms with Gasteiger partial charge in [0.15, 0.2) is 5.65 Å². The topological polar surface area (TPSA) is 42.2 Å². The summed E-state index contributed by atoms with van der Waals surface area (Å²) in [4.78, 5) is 4.46. The van der Waals surface area contributed by atoms with Crippen LogP contribution in [0.3, 0.4) is 0 Å². The SMILES string of the molecule is Cc1cc(NC2=CCc3ccccc32)n2nccc2n1. The van der Waals surface area contributed by atoms with Crippen molar-refractivity contribution in [2.45, 2.75) is 13.3 Å². The molecule has 0 spiro atoms. The predicted octanol–water partition coefficient (Wildman–Crippen LogP) is 3.05. The van der Waals surface area contributed by atoms with Crippen LogP contribution in [0.15, 0.2) is 48.7 Å². The molecule has 0 unspecified atom stereocenters. The molecule has 0 saturated carbocycles. The molecule has 4 rings (SSSR count). The quantitative estimate of drug-likeness (QED) is 0.772. The zero-order valence-corrected chi connectivity index (χ0v) is 11.2. The lowest BCUT2D eigenvalue weighted by Gasteiger charge is -2.11. The molecule has 0 radical (unpaired) electrons. The zero-order valence-electron chi connectivity index (χ0n) is 11.2. The summed E-state index contributed by atoms with van der Waals surface area (Å²) < 4.78 is 1.83. The van der Waals surface area contributed by atoms with E-state index in [1.165, 1.54) is 11.1 Å². The Hall–Kier alpha value is -2.62. The molecule has 0 amide bonds. The molecule has 2 aromatic heterocycles. The molecule has 0 bridgehead atoms. The Kier molecular flexibility index (Phi) is 2.36. The van der Waals surface area contributed by atoms with Crippen molar-refractivity contribution in [3.05, 3.63) is 65.5 Å². The molecular formula is C16H14N4. The van der Waals surface area contributed by atoms with E-state index in [0.717, 1.165) is 29.3 Å². The summed E-state index contributed by atoms with van der Waals surface area (Å²) in [7, 11) is 0. The highest BCUT2D eigenvalue weighted by atomic mass is 15.3. The summed E-state index contributed by atoms with van der Waals surface area (Å²) in [5.74, 6) is 0.945. The molecule has 2 heterocycles. The molecule has 0 atom stereocenters. The van der Waals surface area contributed by atoms with E-state index in [0.29, 0.717) is 0 Å². The Bertz CT molecular complexity index is 829. The third-order valence-corrected chi connectivity index (χ3v) is 3.58. The number of nitrogens with one attached hydrogen (secondary N) is 1. The molecule has 1 aromatic carbocycles. The number of aromatic nitrogens is 3. The van der Waals surface area contributed by atoms with E-state index in [1.54, 1.807) is 6.20 Å². The maximum atomic E-state index is 4.46. The molecule has 0 aliphatic heterocycles. The first-order valence-electron chi connectivity index (χ1n) is 6.68. The average Bonchev–Trinajstić information content (AvgIpc) is 3.06. The van der Waals surface area contributed by atoms with Crippen LogP contribution in [0, 0.1) is 6.92 Å². The fourth-order valence-corrected chi connectivity index (χ4v) is 2.67. The van der Waals surface area contributed by atoms with Crippen molar-refractivity contribution in [1.82, 2.24) is 14.6 Å². The summed E-state index contributed by atoms with van der Waals surface area (Å²) in [6, 6.07) is 12.4. The second-order valence-electron chi connectivity index (χ2n) is 4.99. The minimum atomic E-state index is 0.861. The van der Waals surface area contributed by atoms with Crippen molar-refractivity contribution in [2.75, 3.05) is 5.32 Å². The van der Waals surface area contributed by atoms with Gasteiger partial charge in [0.05, 0.1) is 6.20 Å². The summed E-state index contributed by atoms with van der Waals surface area (Å²) in [6.45, 7) is 2.00. The second-order valence-corrected chi connectivity index (χ2v) is 4.99. The molecule has 1 N–H and O–H groups in total. The fraction of sp³-hybridized carbons (Fsp3) is 0.125. The van der Waals surface area contributed by atoms with E-state index < -0.39 is 0 Å². The van der Waals surface area contributed by atoms with Gasteiger partial charge in [-0.2, -0.15) is 9.61 Å². The van der Waals surface area contributed by atoms with Gasteiger partial charge in [0.1, 0.15) is 5.82 Å². The molecule has 3 aromatic rings. The highest BCUT2D eigenvalue weighted by Gasteiger charge is 2.14. The first-order chi connectivity index (χ1) is 9.81. The smallest absolute Gasteiger partial charge is 0.157 e. The van der Waals surface area contributed by atoms with Gasteiger partial charge >= 0.3 is 0 Å². The van der Waals surface area contributed by atoms with Crippen LogP contribution in [0.2, 0.25) is 0 Å². The first-order valence-corrected chi connectivity index (χ1v) is 6.68. The van der Waals surface area contributed by atoms with E-state index >= 15 is 0 Å². The fourth-order valence-electron chi connectivity index (χ4n) is 2.67. The van der Waals surface area contributed by atoms with Gasteiger partial charge in [0.25, 0.3) is 0 Å². The number of allylic oxidation sites excluding steroid dienone is 1. The van der Waals surface area contributed by atoms with Crippen LogP contribution in [-0.2, 0) is 6.42 Å². The Morgan fingerprint density at radius 2 is 2.10 bits per heavy atom.